The minimum absolute atomic E-state index is 0.166. The van der Waals surface area contributed by atoms with Gasteiger partial charge >= 0.3 is 5.97 Å². The van der Waals surface area contributed by atoms with Crippen molar-refractivity contribution in [3.8, 4) is 0 Å². The predicted molar refractivity (Wildman–Crippen MR) is 56.3 cm³/mol. The Balaban J connectivity index is 3.53. The molecule has 2 unspecified atom stereocenters. The molecular weight excluding hydrogens is 180 g/mol. The van der Waals surface area contributed by atoms with Crippen molar-refractivity contribution < 1.29 is 14.6 Å². The molecule has 1 N–H and O–H groups in total. The van der Waals surface area contributed by atoms with Crippen molar-refractivity contribution in [2.45, 2.75) is 46.6 Å². The lowest BCUT2D eigenvalue weighted by Gasteiger charge is -2.15. The maximum absolute atomic E-state index is 10.5. The zero-order chi connectivity index (χ0) is 11.1. The van der Waals surface area contributed by atoms with Crippen LogP contribution < -0.4 is 0 Å². The van der Waals surface area contributed by atoms with E-state index in [4.69, 9.17) is 9.84 Å². The van der Waals surface area contributed by atoms with Crippen LogP contribution in [0.1, 0.15) is 40.5 Å². The van der Waals surface area contributed by atoms with E-state index in [0.717, 1.165) is 13.0 Å². The van der Waals surface area contributed by atoms with Crippen LogP contribution >= 0.6 is 0 Å². The molecule has 0 aliphatic carbocycles. The van der Waals surface area contributed by atoms with Gasteiger partial charge in [-0.15, -0.1) is 0 Å². The molecule has 3 heteroatoms. The Morgan fingerprint density at radius 2 is 1.79 bits per heavy atom. The van der Waals surface area contributed by atoms with Gasteiger partial charge in [0, 0.05) is 6.61 Å². The molecule has 0 aromatic carbocycles. The molecule has 0 aromatic heterocycles. The average molecular weight is 202 g/mol. The minimum Gasteiger partial charge on any atom is -0.481 e. The number of carboxylic acids is 1. The van der Waals surface area contributed by atoms with Crippen LogP contribution in [-0.2, 0) is 9.53 Å². The van der Waals surface area contributed by atoms with E-state index in [9.17, 15) is 4.79 Å². The lowest BCUT2D eigenvalue weighted by Crippen LogP contribution is -2.16. The van der Waals surface area contributed by atoms with Gasteiger partial charge in [0.25, 0.3) is 0 Å². The second-order valence-electron chi connectivity index (χ2n) is 4.35. The minimum atomic E-state index is -0.721. The van der Waals surface area contributed by atoms with Crippen LogP contribution in [0.5, 0.6) is 0 Å². The first-order valence-corrected chi connectivity index (χ1v) is 5.27. The molecule has 0 bridgehead atoms. The van der Waals surface area contributed by atoms with Gasteiger partial charge in [-0.05, 0) is 25.7 Å². The summed E-state index contributed by atoms with van der Waals surface area (Å²) in [7, 11) is 0. The number of ether oxygens (including phenoxy) is 1. The SMILES string of the molecule is CC(C)COC(C)CCC(C)C(=O)O. The summed E-state index contributed by atoms with van der Waals surface area (Å²) < 4.78 is 5.54. The second-order valence-corrected chi connectivity index (χ2v) is 4.35. The third-order valence-corrected chi connectivity index (χ3v) is 2.14. The summed E-state index contributed by atoms with van der Waals surface area (Å²) in [5.41, 5.74) is 0. The first kappa shape index (κ1) is 13.4. The number of aliphatic carboxylic acids is 1. The molecule has 0 amide bonds. The van der Waals surface area contributed by atoms with Crippen LogP contribution in [0.2, 0.25) is 0 Å². The molecule has 3 nitrogen and oxygen atoms in total. The van der Waals surface area contributed by atoms with Crippen molar-refractivity contribution in [2.24, 2.45) is 11.8 Å². The molecule has 0 aromatic rings. The van der Waals surface area contributed by atoms with Crippen molar-refractivity contribution in [2.75, 3.05) is 6.61 Å². The fraction of sp³-hybridized carbons (Fsp3) is 0.909. The largest absolute Gasteiger partial charge is 0.481 e. The Labute approximate surface area is 86.5 Å². The molecular formula is C11H22O3. The molecule has 14 heavy (non-hydrogen) atoms. The van der Waals surface area contributed by atoms with Gasteiger partial charge in [0.1, 0.15) is 0 Å². The molecule has 84 valence electrons. The van der Waals surface area contributed by atoms with E-state index < -0.39 is 5.97 Å². The number of carbonyl (C=O) groups is 1. The number of hydrogen-bond donors (Lipinski definition) is 1. The van der Waals surface area contributed by atoms with Crippen LogP contribution in [0.15, 0.2) is 0 Å². The molecule has 0 aliphatic rings. The summed E-state index contributed by atoms with van der Waals surface area (Å²) in [4.78, 5) is 10.5. The highest BCUT2D eigenvalue weighted by Gasteiger charge is 2.12. The van der Waals surface area contributed by atoms with E-state index in [2.05, 4.69) is 13.8 Å². The van der Waals surface area contributed by atoms with Crippen LogP contribution in [0.3, 0.4) is 0 Å². The molecule has 0 fully saturated rings. The van der Waals surface area contributed by atoms with Gasteiger partial charge in [-0.25, -0.2) is 0 Å². The summed E-state index contributed by atoms with van der Waals surface area (Å²) in [6, 6.07) is 0. The Kier molecular flexibility index (Phi) is 6.54. The topological polar surface area (TPSA) is 46.5 Å². The van der Waals surface area contributed by atoms with Crippen LogP contribution in [0, 0.1) is 11.8 Å². The van der Waals surface area contributed by atoms with Gasteiger partial charge < -0.3 is 9.84 Å². The van der Waals surface area contributed by atoms with E-state index in [1.54, 1.807) is 6.92 Å². The van der Waals surface area contributed by atoms with Crippen molar-refractivity contribution in [1.82, 2.24) is 0 Å². The molecule has 0 heterocycles. The molecule has 0 spiro atoms. The summed E-state index contributed by atoms with van der Waals surface area (Å²) in [6.07, 6.45) is 1.67. The molecule has 2 atom stereocenters. The zero-order valence-corrected chi connectivity index (χ0v) is 9.62. The summed E-state index contributed by atoms with van der Waals surface area (Å²) in [5.74, 6) is -0.449. The fourth-order valence-electron chi connectivity index (χ4n) is 1.05. The van der Waals surface area contributed by atoms with Gasteiger partial charge in [-0.1, -0.05) is 20.8 Å². The summed E-state index contributed by atoms with van der Waals surface area (Å²) in [6.45, 7) is 8.69. The summed E-state index contributed by atoms with van der Waals surface area (Å²) in [5, 5.41) is 8.67. The quantitative estimate of drug-likeness (QED) is 0.690. The summed E-state index contributed by atoms with van der Waals surface area (Å²) >= 11 is 0. The highest BCUT2D eigenvalue weighted by atomic mass is 16.5. The second kappa shape index (κ2) is 6.82. The van der Waals surface area contributed by atoms with Crippen LogP contribution in [0.25, 0.3) is 0 Å². The first-order chi connectivity index (χ1) is 6.43. The van der Waals surface area contributed by atoms with Crippen LogP contribution in [-0.4, -0.2) is 23.8 Å². The van der Waals surface area contributed by atoms with Crippen molar-refractivity contribution in [3.63, 3.8) is 0 Å². The maximum Gasteiger partial charge on any atom is 0.306 e. The lowest BCUT2D eigenvalue weighted by atomic mass is 10.0. The van der Waals surface area contributed by atoms with E-state index in [-0.39, 0.29) is 12.0 Å². The van der Waals surface area contributed by atoms with E-state index in [1.165, 1.54) is 0 Å². The van der Waals surface area contributed by atoms with E-state index in [1.807, 2.05) is 6.92 Å². The number of rotatable bonds is 7. The Morgan fingerprint density at radius 1 is 1.21 bits per heavy atom. The number of hydrogen-bond acceptors (Lipinski definition) is 2. The van der Waals surface area contributed by atoms with Gasteiger partial charge in [0.05, 0.1) is 12.0 Å². The maximum atomic E-state index is 10.5. The highest BCUT2D eigenvalue weighted by molar-refractivity contribution is 5.69. The zero-order valence-electron chi connectivity index (χ0n) is 9.62. The fourth-order valence-corrected chi connectivity index (χ4v) is 1.05. The number of carboxylic acid groups (broad SMARTS) is 1. The third kappa shape index (κ3) is 6.89. The van der Waals surface area contributed by atoms with Crippen molar-refractivity contribution in [3.05, 3.63) is 0 Å². The van der Waals surface area contributed by atoms with E-state index in [0.29, 0.717) is 12.3 Å². The molecule has 0 aliphatic heterocycles. The van der Waals surface area contributed by atoms with E-state index >= 15 is 0 Å². The van der Waals surface area contributed by atoms with Crippen molar-refractivity contribution >= 4 is 5.97 Å². The Morgan fingerprint density at radius 3 is 2.21 bits per heavy atom. The highest BCUT2D eigenvalue weighted by Crippen LogP contribution is 2.11. The van der Waals surface area contributed by atoms with Crippen LogP contribution in [0.4, 0.5) is 0 Å². The molecule has 0 rings (SSSR count). The Bertz CT molecular complexity index is 166. The van der Waals surface area contributed by atoms with Gasteiger partial charge in [0.2, 0.25) is 0 Å². The molecule has 0 saturated carbocycles. The van der Waals surface area contributed by atoms with Gasteiger partial charge in [0.15, 0.2) is 0 Å². The van der Waals surface area contributed by atoms with Crippen molar-refractivity contribution in [1.29, 1.82) is 0 Å². The normalized spacial score (nSPS) is 15.5. The standard InChI is InChI=1S/C11H22O3/c1-8(2)7-14-10(4)6-5-9(3)11(12)13/h8-10H,5-7H2,1-4H3,(H,12,13). The predicted octanol–water partition coefficient (Wildman–Crippen LogP) is 2.55. The smallest absolute Gasteiger partial charge is 0.306 e. The monoisotopic (exact) mass is 202 g/mol. The van der Waals surface area contributed by atoms with Gasteiger partial charge in [-0.3, -0.25) is 4.79 Å². The molecule has 0 saturated heterocycles. The first-order valence-electron chi connectivity index (χ1n) is 5.27. The third-order valence-electron chi connectivity index (χ3n) is 2.14. The Hall–Kier alpha value is -0.570. The van der Waals surface area contributed by atoms with Gasteiger partial charge in [-0.2, -0.15) is 0 Å². The lowest BCUT2D eigenvalue weighted by molar-refractivity contribution is -0.141. The average Bonchev–Trinajstić information content (AvgIpc) is 2.10. The molecule has 0 radical (unpaired) electrons.